The Kier molecular flexibility index (Phi) is 6.65. The number of esters is 2. The zero-order valence-corrected chi connectivity index (χ0v) is 17.3. The summed E-state index contributed by atoms with van der Waals surface area (Å²) in [5.41, 5.74) is 0.0928. The van der Waals surface area contributed by atoms with Gasteiger partial charge in [-0.1, -0.05) is 12.1 Å². The average molecular weight is 437 g/mol. The van der Waals surface area contributed by atoms with Crippen molar-refractivity contribution >= 4 is 17.6 Å². The highest BCUT2D eigenvalue weighted by Gasteiger charge is 2.40. The first-order valence-electron chi connectivity index (χ1n) is 9.51. The maximum atomic E-state index is 13.1. The van der Waals surface area contributed by atoms with Gasteiger partial charge in [0.1, 0.15) is 11.8 Å². The zero-order valence-electron chi connectivity index (χ0n) is 17.3. The molecule has 0 saturated heterocycles. The number of aromatic nitrogens is 2. The first-order chi connectivity index (χ1) is 15.4. The van der Waals surface area contributed by atoms with Crippen molar-refractivity contribution in [2.45, 2.75) is 19.4 Å². The van der Waals surface area contributed by atoms with Crippen LogP contribution >= 0.6 is 0 Å². The van der Waals surface area contributed by atoms with Gasteiger partial charge in [0.15, 0.2) is 0 Å². The maximum absolute atomic E-state index is 13.1. The van der Waals surface area contributed by atoms with Crippen LogP contribution in [0.15, 0.2) is 65.5 Å². The van der Waals surface area contributed by atoms with Gasteiger partial charge >= 0.3 is 11.9 Å². The van der Waals surface area contributed by atoms with E-state index in [4.69, 9.17) is 9.47 Å². The maximum Gasteiger partial charge on any atom is 0.337 e. The number of ether oxygens (including phenoxy) is 2. The van der Waals surface area contributed by atoms with Crippen molar-refractivity contribution in [1.29, 1.82) is 5.26 Å². The van der Waals surface area contributed by atoms with Gasteiger partial charge in [-0.3, -0.25) is 10.1 Å². The van der Waals surface area contributed by atoms with Crippen molar-refractivity contribution in [3.63, 3.8) is 0 Å². The molecule has 2 aromatic rings. The fraction of sp³-hybridized carbons (Fsp3) is 0.238. The van der Waals surface area contributed by atoms with Crippen LogP contribution in [0, 0.1) is 21.4 Å². The lowest BCUT2D eigenvalue weighted by molar-refractivity contribution is -0.384. The Hall–Kier alpha value is -4.46. The van der Waals surface area contributed by atoms with E-state index < -0.39 is 22.8 Å². The third-order valence-electron chi connectivity index (χ3n) is 4.77. The van der Waals surface area contributed by atoms with E-state index in [9.17, 15) is 25.0 Å². The van der Waals surface area contributed by atoms with Gasteiger partial charge in [-0.25, -0.2) is 14.6 Å². The smallest absolute Gasteiger partial charge is 0.337 e. The second kappa shape index (κ2) is 9.57. The third kappa shape index (κ3) is 4.34. The Balaban J connectivity index is 2.29. The number of rotatable bonds is 7. The number of nitrogens with one attached hydrogen (secondary N) is 1. The summed E-state index contributed by atoms with van der Waals surface area (Å²) in [6.45, 7) is 1.80. The summed E-state index contributed by atoms with van der Waals surface area (Å²) in [6.07, 6.45) is 4.73. The van der Waals surface area contributed by atoms with Gasteiger partial charge in [0, 0.05) is 30.2 Å². The van der Waals surface area contributed by atoms with Crippen LogP contribution in [0.2, 0.25) is 0 Å². The number of imidazole rings is 1. The van der Waals surface area contributed by atoms with Crippen LogP contribution in [0.1, 0.15) is 18.4 Å². The molecule has 11 heteroatoms. The number of carbonyl (C=O) groups is 2. The molecule has 1 N–H and O–H groups in total. The molecule has 0 amide bonds. The molecule has 1 unspecified atom stereocenters. The average Bonchev–Trinajstić information content (AvgIpc) is 3.30. The highest BCUT2D eigenvalue weighted by Crippen LogP contribution is 2.40. The second-order valence-corrected chi connectivity index (χ2v) is 6.65. The van der Waals surface area contributed by atoms with E-state index in [1.54, 1.807) is 23.9 Å². The summed E-state index contributed by atoms with van der Waals surface area (Å²) < 4.78 is 11.8. The number of nitro benzene ring substituents is 1. The van der Waals surface area contributed by atoms with Gasteiger partial charge in [0.25, 0.3) is 5.69 Å². The van der Waals surface area contributed by atoms with Crippen LogP contribution in [0.5, 0.6) is 0 Å². The molecule has 0 spiro atoms. The van der Waals surface area contributed by atoms with Gasteiger partial charge in [0.2, 0.25) is 0 Å². The van der Waals surface area contributed by atoms with Gasteiger partial charge in [0.05, 0.1) is 48.6 Å². The van der Waals surface area contributed by atoms with Crippen molar-refractivity contribution in [3.05, 3.63) is 81.2 Å². The van der Waals surface area contributed by atoms with Crippen LogP contribution in [0.3, 0.4) is 0 Å². The standard InChI is InChI=1S/C21H19N5O6/c1-3-32-21(28)19-16(11-25-8-7-23-12-25)24-15(10-22)18(20(27)31-2)17(19)13-5-4-6-14(9-13)26(29)30/h4-9,12,17,24H,3,11H2,1-2H3. The van der Waals surface area contributed by atoms with E-state index in [0.29, 0.717) is 5.70 Å². The predicted octanol–water partition coefficient (Wildman–Crippen LogP) is 1.95. The molecule has 1 aromatic heterocycles. The Morgan fingerprint density at radius 2 is 2.12 bits per heavy atom. The van der Waals surface area contributed by atoms with Gasteiger partial charge < -0.3 is 19.4 Å². The van der Waals surface area contributed by atoms with Gasteiger partial charge in [-0.2, -0.15) is 5.26 Å². The highest BCUT2D eigenvalue weighted by molar-refractivity contribution is 6.00. The monoisotopic (exact) mass is 437 g/mol. The summed E-state index contributed by atoms with van der Waals surface area (Å²) in [5.74, 6) is -2.71. The van der Waals surface area contributed by atoms with E-state index >= 15 is 0 Å². The molecule has 1 aliphatic rings. The predicted molar refractivity (Wildman–Crippen MR) is 110 cm³/mol. The topological polar surface area (TPSA) is 149 Å². The van der Waals surface area contributed by atoms with E-state index in [1.165, 1.54) is 30.6 Å². The van der Waals surface area contributed by atoms with E-state index in [2.05, 4.69) is 10.3 Å². The molecular formula is C21H19N5O6. The van der Waals surface area contributed by atoms with Crippen molar-refractivity contribution in [1.82, 2.24) is 14.9 Å². The molecule has 0 saturated carbocycles. The molecule has 11 nitrogen and oxygen atoms in total. The van der Waals surface area contributed by atoms with Crippen LogP contribution in [0.25, 0.3) is 0 Å². The third-order valence-corrected chi connectivity index (χ3v) is 4.77. The summed E-state index contributed by atoms with van der Waals surface area (Å²) in [5, 5.41) is 23.9. The van der Waals surface area contributed by atoms with Crippen molar-refractivity contribution in [3.8, 4) is 6.07 Å². The highest BCUT2D eigenvalue weighted by atomic mass is 16.6. The number of methoxy groups -OCH3 is 1. The Morgan fingerprint density at radius 3 is 2.72 bits per heavy atom. The fourth-order valence-corrected chi connectivity index (χ4v) is 3.46. The zero-order chi connectivity index (χ0) is 23.3. The van der Waals surface area contributed by atoms with Crippen molar-refractivity contribution in [2.24, 2.45) is 0 Å². The van der Waals surface area contributed by atoms with Gasteiger partial charge in [-0.05, 0) is 12.5 Å². The van der Waals surface area contributed by atoms with Crippen molar-refractivity contribution in [2.75, 3.05) is 13.7 Å². The number of nitrogens with zero attached hydrogens (tertiary/aromatic N) is 4. The SMILES string of the molecule is CCOC(=O)C1=C(Cn2ccnc2)NC(C#N)=C(C(=O)OC)C1c1cccc([N+](=O)[O-])c1. The largest absolute Gasteiger partial charge is 0.466 e. The van der Waals surface area contributed by atoms with E-state index in [1.807, 2.05) is 6.07 Å². The molecule has 1 aliphatic heterocycles. The minimum absolute atomic E-state index is 0.0421. The first kappa shape index (κ1) is 22.2. The molecule has 0 aliphatic carbocycles. The lowest BCUT2D eigenvalue weighted by atomic mass is 9.80. The first-order valence-corrected chi connectivity index (χ1v) is 9.51. The number of hydrogen-bond acceptors (Lipinski definition) is 9. The summed E-state index contributed by atoms with van der Waals surface area (Å²) in [4.78, 5) is 40.5. The summed E-state index contributed by atoms with van der Waals surface area (Å²) >= 11 is 0. The normalized spacial score (nSPS) is 15.6. The minimum atomic E-state index is -1.13. The lowest BCUT2D eigenvalue weighted by Crippen LogP contribution is -2.35. The molecule has 2 heterocycles. The van der Waals surface area contributed by atoms with Crippen LogP contribution < -0.4 is 5.32 Å². The fourth-order valence-electron chi connectivity index (χ4n) is 3.46. The molecule has 0 radical (unpaired) electrons. The number of benzene rings is 1. The van der Waals surface area contributed by atoms with Crippen molar-refractivity contribution < 1.29 is 24.0 Å². The molecule has 3 rings (SSSR count). The number of hydrogen-bond donors (Lipinski definition) is 1. The molecule has 0 fully saturated rings. The number of non-ortho nitro benzene ring substituents is 1. The molecule has 1 atom stereocenters. The number of dihydropyridines is 1. The quantitative estimate of drug-likeness (QED) is 0.389. The second-order valence-electron chi connectivity index (χ2n) is 6.65. The van der Waals surface area contributed by atoms with E-state index in [-0.39, 0.29) is 41.2 Å². The summed E-state index contributed by atoms with van der Waals surface area (Å²) in [7, 11) is 1.14. The molecule has 1 aromatic carbocycles. The van der Waals surface area contributed by atoms with E-state index in [0.717, 1.165) is 7.11 Å². The number of carbonyl (C=O) groups excluding carboxylic acids is 2. The van der Waals surface area contributed by atoms with Crippen LogP contribution in [0.4, 0.5) is 5.69 Å². The Morgan fingerprint density at radius 1 is 1.34 bits per heavy atom. The molecular weight excluding hydrogens is 418 g/mol. The Bertz CT molecular complexity index is 1160. The molecule has 164 valence electrons. The number of nitro groups is 1. The lowest BCUT2D eigenvalue weighted by Gasteiger charge is -2.30. The number of nitriles is 1. The Labute approximate surface area is 182 Å². The molecule has 32 heavy (non-hydrogen) atoms. The summed E-state index contributed by atoms with van der Waals surface area (Å²) in [6, 6.07) is 7.45. The van der Waals surface area contributed by atoms with Crippen LogP contribution in [-0.2, 0) is 25.6 Å². The van der Waals surface area contributed by atoms with Crippen LogP contribution in [-0.4, -0.2) is 40.1 Å². The molecule has 0 bridgehead atoms. The minimum Gasteiger partial charge on any atom is -0.466 e. The number of allylic oxidation sites excluding steroid dienone is 2. The van der Waals surface area contributed by atoms with Gasteiger partial charge in [-0.15, -0.1) is 0 Å².